The van der Waals surface area contributed by atoms with Crippen molar-refractivity contribution >= 4 is 11.6 Å². The molecule has 148 valence electrons. The maximum atomic E-state index is 13.0. The van der Waals surface area contributed by atoms with E-state index in [-0.39, 0.29) is 22.8 Å². The molecule has 1 aromatic carbocycles. The molecule has 0 spiro atoms. The molecule has 0 aliphatic rings. The molecule has 1 heterocycles. The third-order valence-electron chi connectivity index (χ3n) is 3.24. The monoisotopic (exact) mass is 406 g/mol. The lowest BCUT2D eigenvalue weighted by Gasteiger charge is -2.17. The van der Waals surface area contributed by atoms with E-state index >= 15 is 0 Å². The first-order valence-electron chi connectivity index (χ1n) is 6.68. The highest BCUT2D eigenvalue weighted by molar-refractivity contribution is 5.61. The second-order valence-corrected chi connectivity index (χ2v) is 5.12. The largest absolute Gasteiger partial charge is 0.440 e. The first kappa shape index (κ1) is 20.5. The smallest absolute Gasteiger partial charge is 0.324 e. The summed E-state index contributed by atoms with van der Waals surface area (Å²) in [5, 5.41) is 7.33. The van der Waals surface area contributed by atoms with E-state index < -0.39 is 52.5 Å². The van der Waals surface area contributed by atoms with E-state index in [2.05, 4.69) is 10.2 Å². The van der Waals surface area contributed by atoms with Gasteiger partial charge >= 0.3 is 18.5 Å². The fourth-order valence-corrected chi connectivity index (χ4v) is 1.94. The summed E-state index contributed by atoms with van der Waals surface area (Å²) in [5.41, 5.74) is -7.86. The van der Waals surface area contributed by atoms with E-state index in [0.29, 0.717) is 0 Å². The summed E-state index contributed by atoms with van der Waals surface area (Å²) in [5.74, 6) is -0.919. The van der Waals surface area contributed by atoms with Crippen molar-refractivity contribution < 1.29 is 39.5 Å². The van der Waals surface area contributed by atoms with Crippen LogP contribution in [0.4, 0.5) is 51.1 Å². The SMILES string of the molecule is Cn1c(Nc2cc(C(F)(F)F)ccc2C(F)(F)F)nnc(C(F)(F)F)c1=O. The molecule has 2 rings (SSSR count). The Bertz CT molecular complexity index is 912. The van der Waals surface area contributed by atoms with E-state index in [9.17, 15) is 44.3 Å². The van der Waals surface area contributed by atoms with Crippen molar-refractivity contribution in [2.75, 3.05) is 5.32 Å². The van der Waals surface area contributed by atoms with Crippen LogP contribution in [-0.4, -0.2) is 14.8 Å². The van der Waals surface area contributed by atoms with Gasteiger partial charge in [0.15, 0.2) is 0 Å². The van der Waals surface area contributed by atoms with Crippen molar-refractivity contribution in [3.05, 3.63) is 45.4 Å². The van der Waals surface area contributed by atoms with Gasteiger partial charge in [-0.2, -0.15) is 39.5 Å². The number of benzene rings is 1. The molecule has 1 aromatic heterocycles. The molecule has 14 heteroatoms. The summed E-state index contributed by atoms with van der Waals surface area (Å²) in [7, 11) is 0.732. The van der Waals surface area contributed by atoms with Gasteiger partial charge in [0.1, 0.15) is 0 Å². The predicted octanol–water partition coefficient (Wildman–Crippen LogP) is 3.98. The van der Waals surface area contributed by atoms with Gasteiger partial charge in [0, 0.05) is 7.05 Å². The number of aromatic nitrogens is 3. The van der Waals surface area contributed by atoms with Crippen LogP contribution in [0.1, 0.15) is 16.8 Å². The molecule has 0 aliphatic carbocycles. The fraction of sp³-hybridized carbons (Fsp3) is 0.308. The maximum absolute atomic E-state index is 13.0. The van der Waals surface area contributed by atoms with Gasteiger partial charge < -0.3 is 5.32 Å². The second-order valence-electron chi connectivity index (χ2n) is 5.12. The highest BCUT2D eigenvalue weighted by Gasteiger charge is 2.39. The Morgan fingerprint density at radius 3 is 1.96 bits per heavy atom. The lowest BCUT2D eigenvalue weighted by atomic mass is 10.1. The number of hydrogen-bond donors (Lipinski definition) is 1. The molecule has 0 saturated heterocycles. The summed E-state index contributed by atoms with van der Waals surface area (Å²) in [6.07, 6.45) is -15.3. The van der Waals surface area contributed by atoms with E-state index in [1.165, 1.54) is 0 Å². The van der Waals surface area contributed by atoms with Crippen molar-refractivity contribution in [3.63, 3.8) is 0 Å². The average Bonchev–Trinajstić information content (AvgIpc) is 2.48. The summed E-state index contributed by atoms with van der Waals surface area (Å²) in [6.45, 7) is 0. The normalized spacial score (nSPS) is 13.0. The minimum Gasteiger partial charge on any atom is -0.324 e. The molecule has 1 N–H and O–H groups in total. The molecule has 2 aromatic rings. The van der Waals surface area contributed by atoms with Gasteiger partial charge in [-0.1, -0.05) is 0 Å². The van der Waals surface area contributed by atoms with E-state index in [0.717, 1.165) is 7.05 Å². The van der Waals surface area contributed by atoms with Crippen LogP contribution in [-0.2, 0) is 25.6 Å². The van der Waals surface area contributed by atoms with E-state index in [4.69, 9.17) is 0 Å². The molecule has 0 radical (unpaired) electrons. The Kier molecular flexibility index (Phi) is 4.88. The van der Waals surface area contributed by atoms with Gasteiger partial charge in [-0.25, -0.2) is 0 Å². The molecule has 0 bridgehead atoms. The van der Waals surface area contributed by atoms with Crippen LogP contribution in [0.3, 0.4) is 0 Å². The van der Waals surface area contributed by atoms with Crippen molar-refractivity contribution in [1.29, 1.82) is 0 Å². The minimum atomic E-state index is -5.17. The number of nitrogens with one attached hydrogen (secondary N) is 1. The third-order valence-corrected chi connectivity index (χ3v) is 3.24. The molecule has 0 unspecified atom stereocenters. The van der Waals surface area contributed by atoms with Crippen molar-refractivity contribution in [1.82, 2.24) is 14.8 Å². The van der Waals surface area contributed by atoms with Crippen molar-refractivity contribution in [2.24, 2.45) is 7.05 Å². The van der Waals surface area contributed by atoms with Crippen LogP contribution >= 0.6 is 0 Å². The summed E-state index contributed by atoms with van der Waals surface area (Å²) in [4.78, 5) is 11.6. The van der Waals surface area contributed by atoms with Crippen LogP contribution in [0.2, 0.25) is 0 Å². The number of anilines is 2. The number of alkyl halides is 9. The van der Waals surface area contributed by atoms with E-state index in [1.807, 2.05) is 0 Å². The lowest BCUT2D eigenvalue weighted by molar-refractivity contribution is -0.143. The Morgan fingerprint density at radius 2 is 1.48 bits per heavy atom. The summed E-state index contributed by atoms with van der Waals surface area (Å²) in [6, 6.07) is 0.416. The second kappa shape index (κ2) is 6.42. The molecule has 27 heavy (non-hydrogen) atoms. The fourth-order valence-electron chi connectivity index (χ4n) is 1.94. The number of nitrogens with zero attached hydrogens (tertiary/aromatic N) is 3. The predicted molar refractivity (Wildman–Crippen MR) is 72.0 cm³/mol. The van der Waals surface area contributed by atoms with Gasteiger partial charge in [-0.15, -0.1) is 10.2 Å². The maximum Gasteiger partial charge on any atom is 0.440 e. The Labute approximate surface area is 143 Å². The lowest BCUT2D eigenvalue weighted by Crippen LogP contribution is -2.31. The van der Waals surface area contributed by atoms with Crippen LogP contribution in [0.25, 0.3) is 0 Å². The molecule has 0 amide bonds. The Balaban J connectivity index is 2.60. The zero-order valence-corrected chi connectivity index (χ0v) is 12.9. The molecular weight excluding hydrogens is 399 g/mol. The van der Waals surface area contributed by atoms with Crippen molar-refractivity contribution in [3.8, 4) is 0 Å². The standard InChI is InChI=1S/C13H7F9N4O/c1-26-9(27)8(13(20,21)22)24-25-10(26)23-7-4-5(11(14,15)16)2-3-6(7)12(17,18)19/h2-4H,1H3,(H,23,25). The average molecular weight is 406 g/mol. The Hall–Kier alpha value is -2.80. The zero-order chi connectivity index (χ0) is 20.8. The van der Waals surface area contributed by atoms with Gasteiger partial charge in [-0.3, -0.25) is 9.36 Å². The highest BCUT2D eigenvalue weighted by atomic mass is 19.4. The molecular formula is C13H7F9N4O. The van der Waals surface area contributed by atoms with Crippen molar-refractivity contribution in [2.45, 2.75) is 18.5 Å². The van der Waals surface area contributed by atoms with Gasteiger partial charge in [0.25, 0.3) is 5.56 Å². The number of rotatable bonds is 2. The first-order chi connectivity index (χ1) is 12.1. The number of halogens is 9. The molecule has 5 nitrogen and oxygen atoms in total. The van der Waals surface area contributed by atoms with Gasteiger partial charge in [-0.05, 0) is 18.2 Å². The highest BCUT2D eigenvalue weighted by Crippen LogP contribution is 2.39. The van der Waals surface area contributed by atoms with E-state index in [1.54, 1.807) is 5.32 Å². The van der Waals surface area contributed by atoms with Crippen LogP contribution in [0.15, 0.2) is 23.0 Å². The summed E-state index contributed by atoms with van der Waals surface area (Å²) >= 11 is 0. The summed E-state index contributed by atoms with van der Waals surface area (Å²) < 4.78 is 115. The molecule has 0 saturated carbocycles. The molecule has 0 fully saturated rings. The quantitative estimate of drug-likeness (QED) is 0.767. The first-order valence-corrected chi connectivity index (χ1v) is 6.68. The van der Waals surface area contributed by atoms with Crippen LogP contribution in [0, 0.1) is 0 Å². The van der Waals surface area contributed by atoms with Crippen LogP contribution in [0.5, 0.6) is 0 Å². The number of hydrogen-bond acceptors (Lipinski definition) is 4. The molecule has 0 atom stereocenters. The minimum absolute atomic E-state index is 0.0899. The van der Waals surface area contributed by atoms with Crippen LogP contribution < -0.4 is 10.9 Å². The van der Waals surface area contributed by atoms with Gasteiger partial charge in [0.2, 0.25) is 11.6 Å². The Morgan fingerprint density at radius 1 is 0.889 bits per heavy atom. The third kappa shape index (κ3) is 4.31. The topological polar surface area (TPSA) is 59.8 Å². The molecule has 0 aliphatic heterocycles. The van der Waals surface area contributed by atoms with Gasteiger partial charge in [0.05, 0.1) is 16.8 Å². The zero-order valence-electron chi connectivity index (χ0n) is 12.9.